The molecule has 3 rings (SSSR count). The molecule has 0 unspecified atom stereocenters. The molecule has 1 fully saturated rings. The number of aliphatic imine (C=N–C) groups is 1. The highest BCUT2D eigenvalue weighted by atomic mass is 32.1. The zero-order valence-corrected chi connectivity index (χ0v) is 51.1. The van der Waals surface area contributed by atoms with E-state index in [4.69, 9.17) is 22.9 Å². The number of likely N-dealkylation sites (tertiary alicyclic amines) is 1. The number of hydrogen-bond acceptors (Lipinski definition) is 22. The maximum absolute atomic E-state index is 14.3. The number of aromatic hydroxyl groups is 1. The van der Waals surface area contributed by atoms with E-state index >= 15 is 0 Å². The molecule has 34 nitrogen and oxygen atoms in total. The molecule has 1 aliphatic heterocycles. The van der Waals surface area contributed by atoms with Crippen LogP contribution < -0.4 is 76.1 Å². The van der Waals surface area contributed by atoms with Gasteiger partial charge in [0, 0.05) is 60.8 Å². The minimum absolute atomic E-state index is 0.00222. The highest BCUT2D eigenvalue weighted by Gasteiger charge is 2.40. The number of benzene rings is 1. The second-order valence-corrected chi connectivity index (χ2v) is 21.3. The molecule has 0 saturated carbocycles. The van der Waals surface area contributed by atoms with Crippen molar-refractivity contribution in [1.82, 2.24) is 68.0 Å². The number of aliphatic hydroxyl groups excluding tert-OH is 1. The number of hydrogen-bond donors (Lipinski definition) is 22. The number of rotatable bonds is 37. The van der Waals surface area contributed by atoms with Crippen molar-refractivity contribution in [2.45, 2.75) is 118 Å². The SMILES string of the molecule is C[C@H](NC(=O)[C@@H]1CCCN1C(=O)[C@H](CC(N)=O)NC(=O)[C@H](CS)NC(=O)[C@@H](N)CS)C(=O)N[C@@H](CS)C(=O)NCC(=O)N[C@@H](CCCN=C(N)N)C(=O)N[C@@H](Cc1cnc[nH]1)C(=O)N[C@@H](Cc1ccc(O)cc1)C(=O)N[C@@H](CO)C(=O)N[C@@H](CS)C(=O)O. The van der Waals surface area contributed by atoms with Crippen molar-refractivity contribution in [3.05, 3.63) is 48.0 Å². The average molecular weight is 1310 g/mol. The fourth-order valence-electron chi connectivity index (χ4n) is 8.28. The van der Waals surface area contributed by atoms with Crippen LogP contribution in [0.3, 0.4) is 0 Å². The Kier molecular flexibility index (Phi) is 31.7. The van der Waals surface area contributed by atoms with E-state index < -0.39 is 163 Å². The lowest BCUT2D eigenvalue weighted by molar-refractivity contribution is -0.143. The Hall–Kier alpha value is -8.07. The molecule has 1 aromatic carbocycles. The molecule has 12 amide bonds. The number of H-pyrrole nitrogens is 1. The second kappa shape index (κ2) is 37.6. The van der Waals surface area contributed by atoms with Crippen LogP contribution in [0.25, 0.3) is 0 Å². The van der Waals surface area contributed by atoms with Gasteiger partial charge in [0.2, 0.25) is 70.9 Å². The third-order valence-corrected chi connectivity index (χ3v) is 14.5. The highest BCUT2D eigenvalue weighted by Crippen LogP contribution is 2.20. The number of aliphatic carboxylic acids is 1. The van der Waals surface area contributed by atoms with E-state index in [1.54, 1.807) is 0 Å². The minimum Gasteiger partial charge on any atom is -0.508 e. The number of primary amides is 1. The van der Waals surface area contributed by atoms with Gasteiger partial charge in [-0.15, -0.1) is 0 Å². The van der Waals surface area contributed by atoms with Gasteiger partial charge in [-0.25, -0.2) is 9.78 Å². The summed E-state index contributed by atoms with van der Waals surface area (Å²) in [5.74, 6) is -14.1. The summed E-state index contributed by atoms with van der Waals surface area (Å²) in [5.41, 5.74) is 22.7. The Labute approximate surface area is 525 Å². The van der Waals surface area contributed by atoms with Crippen LogP contribution in [-0.2, 0) is 75.2 Å². The molecule has 2 aromatic rings. The third-order valence-electron chi connectivity index (χ3n) is 13.0. The van der Waals surface area contributed by atoms with Gasteiger partial charge in [-0.05, 0) is 50.3 Å². The number of carboxylic acids is 1. The van der Waals surface area contributed by atoms with E-state index in [2.05, 4.69) is 119 Å². The molecule has 2 heterocycles. The first-order chi connectivity index (χ1) is 41.7. The number of imidazole rings is 1. The zero-order chi connectivity index (χ0) is 65.8. The first kappa shape index (κ1) is 74.2. The molecule has 0 radical (unpaired) electrons. The maximum atomic E-state index is 14.3. The van der Waals surface area contributed by atoms with Gasteiger partial charge < -0.3 is 101 Å². The number of aromatic nitrogens is 2. The third kappa shape index (κ3) is 24.6. The Bertz CT molecular complexity index is 2800. The Balaban J connectivity index is 1.75. The maximum Gasteiger partial charge on any atom is 0.327 e. The molecule has 1 saturated heterocycles. The summed E-state index contributed by atoms with van der Waals surface area (Å²) in [4.78, 5) is 184. The van der Waals surface area contributed by atoms with Crippen molar-refractivity contribution in [1.29, 1.82) is 0 Å². The smallest absolute Gasteiger partial charge is 0.327 e. The van der Waals surface area contributed by atoms with Gasteiger partial charge in [-0.2, -0.15) is 50.5 Å². The molecule has 11 atom stereocenters. The fraction of sp³-hybridized carbons (Fsp3) is 0.540. The number of nitrogens with one attached hydrogen (secondary N) is 11. The zero-order valence-electron chi connectivity index (χ0n) is 47.5. The van der Waals surface area contributed by atoms with Crippen molar-refractivity contribution in [2.75, 3.05) is 49.3 Å². The summed E-state index contributed by atoms with van der Waals surface area (Å²) in [6.45, 7) is -0.574. The topological polar surface area (TPSA) is 551 Å². The van der Waals surface area contributed by atoms with E-state index in [1.807, 2.05) is 0 Å². The molecule has 0 spiro atoms. The molecule has 22 N–H and O–H groups in total. The monoisotopic (exact) mass is 1310 g/mol. The molecule has 0 bridgehead atoms. The summed E-state index contributed by atoms with van der Waals surface area (Å²) < 4.78 is 0. The molecule has 0 aliphatic carbocycles. The van der Waals surface area contributed by atoms with Crippen molar-refractivity contribution >= 4 is 133 Å². The second-order valence-electron chi connectivity index (χ2n) is 19.8. The number of nitrogens with two attached hydrogens (primary N) is 4. The Morgan fingerprint density at radius 1 is 0.670 bits per heavy atom. The van der Waals surface area contributed by atoms with Gasteiger partial charge >= 0.3 is 5.97 Å². The lowest BCUT2D eigenvalue weighted by Gasteiger charge is -2.30. The number of carbonyl (C=O) groups excluding carboxylic acids is 12. The molecular formula is C50H76N18O16S4. The quantitative estimate of drug-likeness (QED) is 0.0129. The van der Waals surface area contributed by atoms with Crippen LogP contribution in [0.15, 0.2) is 41.8 Å². The lowest BCUT2D eigenvalue weighted by atomic mass is 10.0. The number of guanidine groups is 1. The number of phenolic OH excluding ortho intramolecular Hbond substituents is 1. The van der Waals surface area contributed by atoms with Gasteiger partial charge in [0.05, 0.1) is 31.9 Å². The first-order valence-electron chi connectivity index (χ1n) is 27.1. The van der Waals surface area contributed by atoms with Crippen LogP contribution >= 0.6 is 50.5 Å². The van der Waals surface area contributed by atoms with Gasteiger partial charge in [0.1, 0.15) is 66.2 Å². The van der Waals surface area contributed by atoms with Crippen LogP contribution in [-0.4, -0.2) is 229 Å². The number of carboxylic acid groups (broad SMARTS) is 1. The van der Waals surface area contributed by atoms with E-state index in [1.165, 1.54) is 43.7 Å². The largest absolute Gasteiger partial charge is 0.508 e. The van der Waals surface area contributed by atoms with E-state index in [-0.39, 0.29) is 79.9 Å². The van der Waals surface area contributed by atoms with Crippen molar-refractivity contribution in [3.63, 3.8) is 0 Å². The fourth-order valence-corrected chi connectivity index (χ4v) is 9.21. The average Bonchev–Trinajstić information content (AvgIpc) is 4.42. The predicted molar refractivity (Wildman–Crippen MR) is 327 cm³/mol. The van der Waals surface area contributed by atoms with Crippen molar-refractivity contribution in [3.8, 4) is 5.75 Å². The number of thiol groups is 4. The first-order valence-corrected chi connectivity index (χ1v) is 29.6. The van der Waals surface area contributed by atoms with Crippen molar-refractivity contribution in [2.24, 2.45) is 27.9 Å². The number of aliphatic hydroxyl groups is 1. The van der Waals surface area contributed by atoms with Crippen LogP contribution in [0.2, 0.25) is 0 Å². The number of carbonyl (C=O) groups is 13. The summed E-state index contributed by atoms with van der Waals surface area (Å²) >= 11 is 16.1. The highest BCUT2D eigenvalue weighted by molar-refractivity contribution is 7.80. The normalized spacial score (nSPS) is 16.1. The van der Waals surface area contributed by atoms with E-state index in [0.29, 0.717) is 17.7 Å². The number of aromatic amines is 1. The summed E-state index contributed by atoms with van der Waals surface area (Å²) in [7, 11) is 0. The van der Waals surface area contributed by atoms with Crippen LogP contribution in [0.5, 0.6) is 5.75 Å². The molecular weight excluding hydrogens is 1240 g/mol. The number of nitrogens with zero attached hydrogens (tertiary/aromatic N) is 3. The minimum atomic E-state index is -1.72. The van der Waals surface area contributed by atoms with Gasteiger partial charge in [-0.3, -0.25) is 62.5 Å². The van der Waals surface area contributed by atoms with Crippen LogP contribution in [0.1, 0.15) is 50.3 Å². The lowest BCUT2D eigenvalue weighted by Crippen LogP contribution is -2.60. The molecule has 1 aromatic heterocycles. The molecule has 486 valence electrons. The number of amides is 12. The van der Waals surface area contributed by atoms with Crippen LogP contribution in [0, 0.1) is 0 Å². The van der Waals surface area contributed by atoms with Gasteiger partial charge in [-0.1, -0.05) is 12.1 Å². The Morgan fingerprint density at radius 3 is 1.76 bits per heavy atom. The Morgan fingerprint density at radius 2 is 1.20 bits per heavy atom. The van der Waals surface area contributed by atoms with Gasteiger partial charge in [0.25, 0.3) is 0 Å². The van der Waals surface area contributed by atoms with Gasteiger partial charge in [0.15, 0.2) is 5.96 Å². The molecule has 88 heavy (non-hydrogen) atoms. The standard InChI is InChI=1S/C50H76N18O16S4/c1-23(59-47(81)36-5-3-11-68(36)48(82)31(14-37(52)71)63-46(80)34(20-87)66-40(74)27(51)18-85)39(73)65-33(19-86)41(75)57-16-38(72)60-28(4-2-10-56-50(53)54)42(76)62-30(13-25-15-55-22-58-25)44(78)61-29(12-24-6-8-26(70)9-7-24)43(77)64-32(17-69)45(79)67-35(21-88)49(83)84/h6-9,15,22-23,27-36,69-70,85-88H,2-5,10-14,16-21,51H2,1H3,(H2,52,71)(H,55,58)(H,57,75)(H,59,81)(H,60,72)(H,61,78)(H,62,76)(H,63,80)(H,64,77)(H,65,73)(H,66,74)(H,67,79)(H,83,84)(H4,53,54,56)/t23-,27-,28-,29-,30-,31-,32-,33-,34-,35-,36-/m0/s1. The summed E-state index contributed by atoms with van der Waals surface area (Å²) in [6, 6.07) is -10.3. The molecule has 1 aliphatic rings. The van der Waals surface area contributed by atoms with E-state index in [0.717, 1.165) is 4.90 Å². The number of phenols is 1. The van der Waals surface area contributed by atoms with Crippen LogP contribution in [0.4, 0.5) is 0 Å². The molecule has 38 heteroatoms. The van der Waals surface area contributed by atoms with Crippen molar-refractivity contribution < 1.29 is 77.6 Å². The summed E-state index contributed by atoms with van der Waals surface area (Å²) in [6.07, 6.45) is 1.62. The summed E-state index contributed by atoms with van der Waals surface area (Å²) in [5, 5.41) is 53.3. The predicted octanol–water partition coefficient (Wildman–Crippen LogP) is -8.56. The van der Waals surface area contributed by atoms with E-state index in [9.17, 15) is 77.6 Å².